The third kappa shape index (κ3) is 4.37. The number of ether oxygens (including phenoxy) is 3. The lowest BCUT2D eigenvalue weighted by atomic mass is 10.3. The van der Waals surface area contributed by atoms with Gasteiger partial charge in [0.25, 0.3) is 5.91 Å². The Hall–Kier alpha value is -2.78. The first-order chi connectivity index (χ1) is 13.4. The molecule has 0 atom stereocenters. The van der Waals surface area contributed by atoms with Crippen molar-refractivity contribution in [1.82, 2.24) is 4.31 Å². The monoisotopic (exact) mass is 406 g/mol. The molecule has 0 saturated heterocycles. The molecule has 0 aromatic heterocycles. The van der Waals surface area contributed by atoms with Crippen molar-refractivity contribution in [3.05, 3.63) is 42.5 Å². The van der Waals surface area contributed by atoms with Crippen LogP contribution in [0.1, 0.15) is 13.8 Å². The second kappa shape index (κ2) is 8.49. The van der Waals surface area contributed by atoms with Crippen molar-refractivity contribution < 1.29 is 27.4 Å². The maximum atomic E-state index is 12.5. The number of hydrogen-bond acceptors (Lipinski definition) is 6. The van der Waals surface area contributed by atoms with Crippen molar-refractivity contribution in [2.24, 2.45) is 0 Å². The fourth-order valence-corrected chi connectivity index (χ4v) is 4.19. The molecular weight excluding hydrogens is 384 g/mol. The van der Waals surface area contributed by atoms with E-state index in [0.29, 0.717) is 36.0 Å². The van der Waals surface area contributed by atoms with Crippen molar-refractivity contribution in [2.75, 3.05) is 31.8 Å². The van der Waals surface area contributed by atoms with Gasteiger partial charge >= 0.3 is 0 Å². The summed E-state index contributed by atoms with van der Waals surface area (Å²) in [6.45, 7) is 4.34. The Kier molecular flexibility index (Phi) is 6.05. The molecule has 1 aliphatic rings. The highest BCUT2D eigenvalue weighted by atomic mass is 32.2. The lowest BCUT2D eigenvalue weighted by molar-refractivity contribution is -0.118. The van der Waals surface area contributed by atoms with Gasteiger partial charge in [0.2, 0.25) is 16.8 Å². The molecule has 2 aromatic rings. The summed E-state index contributed by atoms with van der Waals surface area (Å²) in [6.07, 6.45) is 0. The lowest BCUT2D eigenvalue weighted by Crippen LogP contribution is -2.30. The smallest absolute Gasteiger partial charge is 0.262 e. The van der Waals surface area contributed by atoms with E-state index in [-0.39, 0.29) is 24.2 Å². The van der Waals surface area contributed by atoms with E-state index in [2.05, 4.69) is 5.32 Å². The third-order valence-corrected chi connectivity index (χ3v) is 6.26. The Balaban J connectivity index is 1.57. The largest absolute Gasteiger partial charge is 0.484 e. The number of rotatable bonds is 8. The molecule has 0 saturated carbocycles. The maximum absolute atomic E-state index is 12.5. The van der Waals surface area contributed by atoms with Crippen LogP contribution in [0, 0.1) is 0 Å². The Morgan fingerprint density at radius 1 is 1.07 bits per heavy atom. The fraction of sp³-hybridized carbons (Fsp3) is 0.316. The number of benzene rings is 2. The zero-order chi connectivity index (χ0) is 20.1. The fourth-order valence-electron chi connectivity index (χ4n) is 2.74. The standard InChI is InChI=1S/C19H22N2O6S/c1-3-21(4-2)28(23,24)16-8-5-14(6-9-16)20-19(22)12-25-15-7-10-17-18(11-15)27-13-26-17/h5-11H,3-4,12-13H2,1-2H3,(H,20,22). The van der Waals surface area contributed by atoms with Crippen LogP contribution in [0.5, 0.6) is 17.2 Å². The van der Waals surface area contributed by atoms with Crippen molar-refractivity contribution >= 4 is 21.6 Å². The molecular formula is C19H22N2O6S. The number of carbonyl (C=O) groups is 1. The number of hydrogen-bond donors (Lipinski definition) is 1. The van der Waals surface area contributed by atoms with Gasteiger partial charge in [0.15, 0.2) is 18.1 Å². The number of amides is 1. The molecule has 2 aromatic carbocycles. The molecule has 0 spiro atoms. The van der Waals surface area contributed by atoms with Gasteiger partial charge in [-0.05, 0) is 36.4 Å². The van der Waals surface area contributed by atoms with Crippen LogP contribution in [0.3, 0.4) is 0 Å². The molecule has 1 aliphatic heterocycles. The molecule has 9 heteroatoms. The SMILES string of the molecule is CCN(CC)S(=O)(=O)c1ccc(NC(=O)COc2ccc3c(c2)OCO3)cc1. The van der Waals surface area contributed by atoms with Gasteiger partial charge in [0, 0.05) is 24.8 Å². The number of fused-ring (bicyclic) bond motifs is 1. The average molecular weight is 406 g/mol. The number of anilines is 1. The van der Waals surface area contributed by atoms with E-state index in [0.717, 1.165) is 0 Å². The minimum atomic E-state index is -3.52. The van der Waals surface area contributed by atoms with E-state index in [1.165, 1.54) is 16.4 Å². The van der Waals surface area contributed by atoms with Crippen LogP contribution in [-0.2, 0) is 14.8 Å². The summed E-state index contributed by atoms with van der Waals surface area (Å²) in [6, 6.07) is 11.1. The van der Waals surface area contributed by atoms with Gasteiger partial charge < -0.3 is 19.5 Å². The van der Waals surface area contributed by atoms with Crippen LogP contribution in [0.4, 0.5) is 5.69 Å². The molecule has 8 nitrogen and oxygen atoms in total. The van der Waals surface area contributed by atoms with Crippen LogP contribution in [0.25, 0.3) is 0 Å². The van der Waals surface area contributed by atoms with Gasteiger partial charge in [0.05, 0.1) is 4.90 Å². The molecule has 0 bridgehead atoms. The van der Waals surface area contributed by atoms with Gasteiger partial charge in [-0.25, -0.2) is 8.42 Å². The van der Waals surface area contributed by atoms with Gasteiger partial charge in [-0.15, -0.1) is 0 Å². The molecule has 0 aliphatic carbocycles. The van der Waals surface area contributed by atoms with Gasteiger partial charge in [-0.1, -0.05) is 13.8 Å². The summed E-state index contributed by atoms with van der Waals surface area (Å²) in [5, 5.41) is 2.67. The summed E-state index contributed by atoms with van der Waals surface area (Å²) in [7, 11) is -3.52. The van der Waals surface area contributed by atoms with Crippen molar-refractivity contribution in [3.8, 4) is 17.2 Å². The van der Waals surface area contributed by atoms with Gasteiger partial charge in [0.1, 0.15) is 5.75 Å². The van der Waals surface area contributed by atoms with Crippen molar-refractivity contribution in [2.45, 2.75) is 18.7 Å². The summed E-state index contributed by atoms with van der Waals surface area (Å²) in [4.78, 5) is 12.3. The summed E-state index contributed by atoms with van der Waals surface area (Å²) >= 11 is 0. The van der Waals surface area contributed by atoms with E-state index >= 15 is 0 Å². The Morgan fingerprint density at radius 3 is 2.43 bits per heavy atom. The van der Waals surface area contributed by atoms with E-state index in [1.807, 2.05) is 0 Å². The van der Waals surface area contributed by atoms with E-state index in [4.69, 9.17) is 14.2 Å². The van der Waals surface area contributed by atoms with Crippen molar-refractivity contribution in [1.29, 1.82) is 0 Å². The molecule has 0 unspecified atom stereocenters. The second-order valence-corrected chi connectivity index (χ2v) is 7.90. The van der Waals surface area contributed by atoms with Gasteiger partial charge in [-0.2, -0.15) is 4.31 Å². The summed E-state index contributed by atoms with van der Waals surface area (Å²) < 4.78 is 42.2. The van der Waals surface area contributed by atoms with Crippen LogP contribution < -0.4 is 19.5 Å². The zero-order valence-corrected chi connectivity index (χ0v) is 16.5. The summed E-state index contributed by atoms with van der Waals surface area (Å²) in [5.41, 5.74) is 0.484. The molecule has 150 valence electrons. The second-order valence-electron chi connectivity index (χ2n) is 5.97. The lowest BCUT2D eigenvalue weighted by Gasteiger charge is -2.18. The quantitative estimate of drug-likeness (QED) is 0.724. The van der Waals surface area contributed by atoms with Crippen molar-refractivity contribution in [3.63, 3.8) is 0 Å². The molecule has 0 fully saturated rings. The molecule has 1 N–H and O–H groups in total. The highest BCUT2D eigenvalue weighted by Crippen LogP contribution is 2.35. The highest BCUT2D eigenvalue weighted by molar-refractivity contribution is 7.89. The topological polar surface area (TPSA) is 94.2 Å². The molecule has 1 amide bonds. The van der Waals surface area contributed by atoms with E-state index in [1.54, 1.807) is 44.2 Å². The number of nitrogens with zero attached hydrogens (tertiary/aromatic N) is 1. The number of sulfonamides is 1. The summed E-state index contributed by atoms with van der Waals surface area (Å²) in [5.74, 6) is 1.33. The average Bonchev–Trinajstić information content (AvgIpc) is 3.15. The molecule has 1 heterocycles. The molecule has 0 radical (unpaired) electrons. The minimum Gasteiger partial charge on any atom is -0.484 e. The van der Waals surface area contributed by atoms with Crippen LogP contribution in [0.15, 0.2) is 47.4 Å². The van der Waals surface area contributed by atoms with Crippen LogP contribution in [0.2, 0.25) is 0 Å². The predicted octanol–water partition coefficient (Wildman–Crippen LogP) is 2.46. The number of nitrogens with one attached hydrogen (secondary N) is 1. The minimum absolute atomic E-state index is 0.166. The predicted molar refractivity (Wildman–Crippen MR) is 103 cm³/mol. The Bertz CT molecular complexity index is 939. The molecule has 28 heavy (non-hydrogen) atoms. The van der Waals surface area contributed by atoms with Crippen LogP contribution in [-0.4, -0.2) is 45.1 Å². The molecule has 3 rings (SSSR count). The normalized spacial score (nSPS) is 12.8. The first-order valence-corrected chi connectivity index (χ1v) is 10.3. The Labute approximate surface area is 164 Å². The maximum Gasteiger partial charge on any atom is 0.262 e. The van der Waals surface area contributed by atoms with Crippen LogP contribution >= 0.6 is 0 Å². The third-order valence-electron chi connectivity index (χ3n) is 4.20. The Morgan fingerprint density at radius 2 is 1.75 bits per heavy atom. The first-order valence-electron chi connectivity index (χ1n) is 8.86. The zero-order valence-electron chi connectivity index (χ0n) is 15.7. The van der Waals surface area contributed by atoms with Gasteiger partial charge in [-0.3, -0.25) is 4.79 Å². The van der Waals surface area contributed by atoms with E-state index < -0.39 is 10.0 Å². The number of carbonyl (C=O) groups excluding carboxylic acids is 1. The first kappa shape index (κ1) is 20.0. The highest BCUT2D eigenvalue weighted by Gasteiger charge is 2.21. The van der Waals surface area contributed by atoms with E-state index in [9.17, 15) is 13.2 Å².